The molecule has 1 aromatic heterocycles. The van der Waals surface area contributed by atoms with Gasteiger partial charge >= 0.3 is 0 Å². The lowest BCUT2D eigenvalue weighted by Gasteiger charge is -1.97. The standard InChI is InChI=1S/C8H5BrN2O2S/c9-4-1-2-6(11(12)13)7-5(10)3-14-8(4)7/h1-3H,10H2. The second-order valence-corrected chi connectivity index (χ2v) is 4.45. The van der Waals surface area contributed by atoms with Gasteiger partial charge in [-0.25, -0.2) is 0 Å². The number of nitrogens with two attached hydrogens (primary N) is 1. The summed E-state index contributed by atoms with van der Waals surface area (Å²) in [5.74, 6) is 0. The number of hydrogen-bond acceptors (Lipinski definition) is 4. The first-order valence-electron chi connectivity index (χ1n) is 3.71. The Kier molecular flexibility index (Phi) is 2.16. The van der Waals surface area contributed by atoms with Gasteiger partial charge in [0.05, 0.1) is 20.7 Å². The van der Waals surface area contributed by atoms with E-state index in [0.717, 1.165) is 9.17 Å². The zero-order chi connectivity index (χ0) is 10.3. The third kappa shape index (κ3) is 1.27. The van der Waals surface area contributed by atoms with Gasteiger partial charge in [-0.15, -0.1) is 11.3 Å². The topological polar surface area (TPSA) is 69.2 Å². The lowest BCUT2D eigenvalue weighted by Crippen LogP contribution is -1.90. The van der Waals surface area contributed by atoms with Crippen LogP contribution in [-0.2, 0) is 0 Å². The van der Waals surface area contributed by atoms with Gasteiger partial charge < -0.3 is 5.73 Å². The van der Waals surface area contributed by atoms with E-state index < -0.39 is 4.92 Å². The molecule has 4 nitrogen and oxygen atoms in total. The van der Waals surface area contributed by atoms with Crippen molar-refractivity contribution >= 4 is 48.7 Å². The molecule has 0 saturated carbocycles. The molecule has 0 aliphatic rings. The zero-order valence-corrected chi connectivity index (χ0v) is 9.26. The van der Waals surface area contributed by atoms with Crippen LogP contribution in [0, 0.1) is 10.1 Å². The first-order chi connectivity index (χ1) is 6.61. The van der Waals surface area contributed by atoms with Crippen LogP contribution in [0.15, 0.2) is 22.0 Å². The number of nitrogens with zero attached hydrogens (tertiary/aromatic N) is 1. The number of hydrogen-bond donors (Lipinski definition) is 1. The van der Waals surface area contributed by atoms with E-state index in [1.165, 1.54) is 17.4 Å². The van der Waals surface area contributed by atoms with E-state index >= 15 is 0 Å². The fraction of sp³-hybridized carbons (Fsp3) is 0. The van der Waals surface area contributed by atoms with Gasteiger partial charge in [0.25, 0.3) is 5.69 Å². The monoisotopic (exact) mass is 272 g/mol. The third-order valence-corrected chi connectivity index (χ3v) is 3.83. The minimum atomic E-state index is -0.419. The van der Waals surface area contributed by atoms with Crippen LogP contribution in [0.3, 0.4) is 0 Å². The molecule has 2 rings (SSSR count). The highest BCUT2D eigenvalue weighted by Crippen LogP contribution is 2.39. The Morgan fingerprint density at radius 1 is 1.50 bits per heavy atom. The van der Waals surface area contributed by atoms with E-state index in [9.17, 15) is 10.1 Å². The minimum absolute atomic E-state index is 0.0574. The van der Waals surface area contributed by atoms with Gasteiger partial charge in [0.15, 0.2) is 0 Å². The second-order valence-electron chi connectivity index (χ2n) is 2.72. The Morgan fingerprint density at radius 3 is 2.86 bits per heavy atom. The smallest absolute Gasteiger partial charge is 0.280 e. The lowest BCUT2D eigenvalue weighted by atomic mass is 10.2. The van der Waals surface area contributed by atoms with Gasteiger partial charge in [-0.1, -0.05) is 0 Å². The molecule has 0 atom stereocenters. The van der Waals surface area contributed by atoms with E-state index in [1.54, 1.807) is 11.4 Å². The summed E-state index contributed by atoms with van der Waals surface area (Å²) in [6.45, 7) is 0. The van der Waals surface area contributed by atoms with Crippen LogP contribution >= 0.6 is 27.3 Å². The minimum Gasteiger partial charge on any atom is -0.397 e. The molecule has 0 aliphatic heterocycles. The lowest BCUT2D eigenvalue weighted by molar-refractivity contribution is -0.383. The van der Waals surface area contributed by atoms with E-state index in [-0.39, 0.29) is 5.69 Å². The first kappa shape index (κ1) is 9.42. The van der Waals surface area contributed by atoms with Crippen molar-refractivity contribution in [2.24, 2.45) is 0 Å². The molecule has 2 N–H and O–H groups in total. The summed E-state index contributed by atoms with van der Waals surface area (Å²) in [5, 5.41) is 12.9. The average Bonchev–Trinajstić information content (AvgIpc) is 2.50. The summed E-state index contributed by atoms with van der Waals surface area (Å²) < 4.78 is 1.65. The second kappa shape index (κ2) is 3.21. The molecule has 72 valence electrons. The number of halogens is 1. The first-order valence-corrected chi connectivity index (χ1v) is 5.38. The highest BCUT2D eigenvalue weighted by molar-refractivity contribution is 9.10. The van der Waals surface area contributed by atoms with Crippen molar-refractivity contribution in [3.8, 4) is 0 Å². The molecule has 0 spiro atoms. The van der Waals surface area contributed by atoms with Gasteiger partial charge in [0.2, 0.25) is 0 Å². The Labute approximate surface area is 91.6 Å². The molecule has 0 bridgehead atoms. The molecule has 0 saturated heterocycles. The summed E-state index contributed by atoms with van der Waals surface area (Å²) in [5.41, 5.74) is 6.18. The maximum atomic E-state index is 10.7. The predicted molar refractivity (Wildman–Crippen MR) is 60.6 cm³/mol. The van der Waals surface area contributed by atoms with Crippen molar-refractivity contribution in [3.05, 3.63) is 32.1 Å². The molecule has 6 heteroatoms. The molecule has 0 amide bonds. The number of anilines is 1. The van der Waals surface area contributed by atoms with Gasteiger partial charge in [0.1, 0.15) is 0 Å². The van der Waals surface area contributed by atoms with Gasteiger partial charge in [-0.2, -0.15) is 0 Å². The van der Waals surface area contributed by atoms with Crippen LogP contribution in [0.2, 0.25) is 0 Å². The van der Waals surface area contributed by atoms with E-state index in [2.05, 4.69) is 15.9 Å². The van der Waals surface area contributed by atoms with Crippen LogP contribution < -0.4 is 5.73 Å². The van der Waals surface area contributed by atoms with E-state index in [1.807, 2.05) is 0 Å². The highest BCUT2D eigenvalue weighted by atomic mass is 79.9. The molecular formula is C8H5BrN2O2S. The fourth-order valence-electron chi connectivity index (χ4n) is 1.27. The average molecular weight is 273 g/mol. The normalized spacial score (nSPS) is 10.6. The predicted octanol–water partition coefficient (Wildman–Crippen LogP) is 3.15. The SMILES string of the molecule is Nc1csc2c(Br)ccc([N+](=O)[O-])c12. The molecule has 1 aromatic carbocycles. The van der Waals surface area contributed by atoms with Gasteiger partial charge in [-0.05, 0) is 22.0 Å². The Bertz CT molecular complexity index is 523. The summed E-state index contributed by atoms with van der Waals surface area (Å²) in [4.78, 5) is 10.3. The Morgan fingerprint density at radius 2 is 2.21 bits per heavy atom. The summed E-state index contributed by atoms with van der Waals surface area (Å²) >= 11 is 4.72. The summed E-state index contributed by atoms with van der Waals surface area (Å²) in [6.07, 6.45) is 0. The van der Waals surface area contributed by atoms with Crippen molar-refractivity contribution in [2.75, 3.05) is 5.73 Å². The third-order valence-electron chi connectivity index (χ3n) is 1.88. The number of fused-ring (bicyclic) bond motifs is 1. The number of nitrogen functional groups attached to an aromatic ring is 1. The molecule has 0 unspecified atom stereocenters. The van der Waals surface area contributed by atoms with Crippen LogP contribution in [0.4, 0.5) is 11.4 Å². The Hall–Kier alpha value is -1.14. The zero-order valence-electron chi connectivity index (χ0n) is 6.86. The number of thiophene rings is 1. The molecule has 2 aromatic rings. The number of rotatable bonds is 1. The highest BCUT2D eigenvalue weighted by Gasteiger charge is 2.17. The van der Waals surface area contributed by atoms with E-state index in [4.69, 9.17) is 5.73 Å². The summed E-state index contributed by atoms with van der Waals surface area (Å²) in [7, 11) is 0. The van der Waals surface area contributed by atoms with Crippen molar-refractivity contribution in [3.63, 3.8) is 0 Å². The van der Waals surface area contributed by atoms with Crippen molar-refractivity contribution < 1.29 is 4.92 Å². The van der Waals surface area contributed by atoms with Crippen molar-refractivity contribution in [1.82, 2.24) is 0 Å². The quantitative estimate of drug-likeness (QED) is 0.641. The van der Waals surface area contributed by atoms with Crippen LogP contribution in [0.5, 0.6) is 0 Å². The maximum absolute atomic E-state index is 10.7. The van der Waals surface area contributed by atoms with Crippen LogP contribution in [0.1, 0.15) is 0 Å². The van der Waals surface area contributed by atoms with Crippen LogP contribution in [0.25, 0.3) is 10.1 Å². The maximum Gasteiger partial charge on any atom is 0.280 e. The van der Waals surface area contributed by atoms with Gasteiger partial charge in [0, 0.05) is 15.9 Å². The summed E-state index contributed by atoms with van der Waals surface area (Å²) in [6, 6.07) is 3.12. The van der Waals surface area contributed by atoms with E-state index in [0.29, 0.717) is 11.1 Å². The largest absolute Gasteiger partial charge is 0.397 e. The number of nitro benzene ring substituents is 1. The van der Waals surface area contributed by atoms with Gasteiger partial charge in [-0.3, -0.25) is 10.1 Å². The number of nitro groups is 1. The van der Waals surface area contributed by atoms with Crippen molar-refractivity contribution in [1.29, 1.82) is 0 Å². The molecule has 1 heterocycles. The molecule has 0 aliphatic carbocycles. The Balaban J connectivity index is 2.92. The fourth-order valence-corrected chi connectivity index (χ4v) is 2.77. The molecule has 0 fully saturated rings. The number of benzene rings is 1. The number of non-ortho nitro benzene ring substituents is 1. The molecular weight excluding hydrogens is 268 g/mol. The molecule has 14 heavy (non-hydrogen) atoms. The molecule has 0 radical (unpaired) electrons. The van der Waals surface area contributed by atoms with Crippen LogP contribution in [-0.4, -0.2) is 4.92 Å². The van der Waals surface area contributed by atoms with Crippen molar-refractivity contribution in [2.45, 2.75) is 0 Å².